The average molecular weight is 397 g/mol. The van der Waals surface area contributed by atoms with Gasteiger partial charge in [0.2, 0.25) is 5.91 Å². The summed E-state index contributed by atoms with van der Waals surface area (Å²) in [5, 5.41) is 3.03. The molecule has 4 nitrogen and oxygen atoms in total. The number of thiophene rings is 1. The van der Waals surface area contributed by atoms with E-state index >= 15 is 0 Å². The number of methoxy groups -OCH3 is 1. The van der Waals surface area contributed by atoms with E-state index in [1.54, 1.807) is 18.4 Å². The van der Waals surface area contributed by atoms with E-state index in [0.717, 1.165) is 21.6 Å². The number of carbonyl (C=O) groups is 1. The Hall–Kier alpha value is -1.37. The summed E-state index contributed by atoms with van der Waals surface area (Å²) in [4.78, 5) is 15.5. The number of nitrogens with zero attached hydrogens (tertiary/aromatic N) is 1. The molecule has 1 amide bonds. The molecule has 1 aromatic heterocycles. The number of hydrogen-bond acceptors (Lipinski definition) is 4. The fraction of sp³-hybridized carbons (Fsp3) is 0.353. The number of amides is 1. The van der Waals surface area contributed by atoms with E-state index in [0.29, 0.717) is 6.54 Å². The van der Waals surface area contributed by atoms with Gasteiger partial charge in [-0.1, -0.05) is 18.2 Å². The van der Waals surface area contributed by atoms with Crippen LogP contribution < -0.4 is 10.1 Å². The van der Waals surface area contributed by atoms with Gasteiger partial charge in [0.15, 0.2) is 0 Å². The minimum Gasteiger partial charge on any atom is -0.496 e. The molecule has 2 aromatic rings. The van der Waals surface area contributed by atoms with Gasteiger partial charge in [-0.15, -0.1) is 11.3 Å². The third-order valence-corrected chi connectivity index (χ3v) is 5.06. The summed E-state index contributed by atoms with van der Waals surface area (Å²) < 4.78 is 6.45. The standard InChI is InChI=1S/C17H21BrN2O2S/c1-12(14-6-4-5-7-15(14)22-3)19-17(21)11-20(2)10-13-8-9-16(18)23-13/h4-9,12H,10-11H2,1-3H3,(H,19,21). The number of para-hydroxylation sites is 1. The van der Waals surface area contributed by atoms with Crippen LogP contribution in [-0.2, 0) is 11.3 Å². The molecular weight excluding hydrogens is 376 g/mol. The molecule has 0 fully saturated rings. The predicted octanol–water partition coefficient (Wildman–Crippen LogP) is 3.83. The summed E-state index contributed by atoms with van der Waals surface area (Å²) in [6.45, 7) is 3.08. The largest absolute Gasteiger partial charge is 0.496 e. The molecule has 1 N–H and O–H groups in total. The van der Waals surface area contributed by atoms with Crippen LogP contribution in [-0.4, -0.2) is 31.5 Å². The van der Waals surface area contributed by atoms with E-state index in [2.05, 4.69) is 27.3 Å². The van der Waals surface area contributed by atoms with Gasteiger partial charge in [0.05, 0.1) is 23.5 Å². The van der Waals surface area contributed by atoms with Gasteiger partial charge < -0.3 is 10.1 Å². The second-order valence-corrected chi connectivity index (χ2v) is 7.96. The summed E-state index contributed by atoms with van der Waals surface area (Å²) in [5.41, 5.74) is 0.980. The van der Waals surface area contributed by atoms with Crippen molar-refractivity contribution < 1.29 is 9.53 Å². The lowest BCUT2D eigenvalue weighted by Gasteiger charge is -2.20. The Morgan fingerprint density at radius 3 is 2.74 bits per heavy atom. The molecule has 23 heavy (non-hydrogen) atoms. The zero-order valence-electron chi connectivity index (χ0n) is 13.5. The minimum atomic E-state index is -0.0945. The number of carbonyl (C=O) groups excluding carboxylic acids is 1. The number of ether oxygens (including phenoxy) is 1. The van der Waals surface area contributed by atoms with Crippen LogP contribution in [0.15, 0.2) is 40.2 Å². The van der Waals surface area contributed by atoms with Gasteiger partial charge in [-0.25, -0.2) is 0 Å². The van der Waals surface area contributed by atoms with Gasteiger partial charge >= 0.3 is 0 Å². The Labute approximate surface area is 149 Å². The van der Waals surface area contributed by atoms with Crippen LogP contribution in [0, 0.1) is 0 Å². The molecule has 0 radical (unpaired) electrons. The van der Waals surface area contributed by atoms with Crippen LogP contribution in [0.3, 0.4) is 0 Å². The molecule has 0 aliphatic heterocycles. The summed E-state index contributed by atoms with van der Waals surface area (Å²) in [6, 6.07) is 11.7. The molecule has 0 saturated carbocycles. The van der Waals surface area contributed by atoms with Crippen molar-refractivity contribution in [1.82, 2.24) is 10.2 Å². The molecular formula is C17H21BrN2O2S. The fourth-order valence-corrected chi connectivity index (χ4v) is 3.96. The summed E-state index contributed by atoms with van der Waals surface area (Å²) in [6.07, 6.45) is 0. The van der Waals surface area contributed by atoms with Crippen LogP contribution in [0.2, 0.25) is 0 Å². The van der Waals surface area contributed by atoms with Gasteiger partial charge in [-0.2, -0.15) is 0 Å². The maximum absolute atomic E-state index is 12.2. The van der Waals surface area contributed by atoms with E-state index < -0.39 is 0 Å². The van der Waals surface area contributed by atoms with E-state index in [-0.39, 0.29) is 11.9 Å². The van der Waals surface area contributed by atoms with Crippen LogP contribution >= 0.6 is 27.3 Å². The number of rotatable bonds is 7. The molecule has 6 heteroatoms. The first-order chi connectivity index (χ1) is 11.0. The molecule has 0 aliphatic rings. The number of nitrogens with one attached hydrogen (secondary N) is 1. The topological polar surface area (TPSA) is 41.6 Å². The zero-order valence-corrected chi connectivity index (χ0v) is 15.9. The molecule has 0 aliphatic carbocycles. The summed E-state index contributed by atoms with van der Waals surface area (Å²) in [5.74, 6) is 0.790. The normalized spacial score (nSPS) is 12.2. The highest BCUT2D eigenvalue weighted by molar-refractivity contribution is 9.11. The van der Waals surface area contributed by atoms with Crippen molar-refractivity contribution in [2.45, 2.75) is 19.5 Å². The van der Waals surface area contributed by atoms with Crippen molar-refractivity contribution >= 4 is 33.2 Å². The first-order valence-corrected chi connectivity index (χ1v) is 8.95. The Balaban J connectivity index is 1.88. The van der Waals surface area contributed by atoms with E-state index in [1.165, 1.54) is 4.88 Å². The predicted molar refractivity (Wildman–Crippen MR) is 97.9 cm³/mol. The van der Waals surface area contributed by atoms with Gasteiger partial charge in [-0.3, -0.25) is 9.69 Å². The highest BCUT2D eigenvalue weighted by atomic mass is 79.9. The van der Waals surface area contributed by atoms with E-state index in [4.69, 9.17) is 4.74 Å². The van der Waals surface area contributed by atoms with Crippen molar-refractivity contribution in [2.24, 2.45) is 0 Å². The van der Waals surface area contributed by atoms with Gasteiger partial charge in [0.25, 0.3) is 0 Å². The molecule has 0 bridgehead atoms. The molecule has 1 unspecified atom stereocenters. The first kappa shape index (κ1) is 18.0. The van der Waals surface area contributed by atoms with Gasteiger partial charge in [0, 0.05) is 17.0 Å². The SMILES string of the molecule is COc1ccccc1C(C)NC(=O)CN(C)Cc1ccc(Br)s1. The third kappa shape index (κ3) is 5.34. The second kappa shape index (κ2) is 8.47. The molecule has 0 spiro atoms. The zero-order chi connectivity index (χ0) is 16.8. The Kier molecular flexibility index (Phi) is 6.62. The van der Waals surface area contributed by atoms with Crippen molar-refractivity contribution in [3.05, 3.63) is 50.6 Å². The Bertz CT molecular complexity index is 660. The number of halogens is 1. The monoisotopic (exact) mass is 396 g/mol. The first-order valence-electron chi connectivity index (χ1n) is 7.34. The average Bonchev–Trinajstić information content (AvgIpc) is 2.91. The molecule has 1 aromatic carbocycles. The van der Waals surface area contributed by atoms with E-state index in [1.807, 2.05) is 49.2 Å². The summed E-state index contributed by atoms with van der Waals surface area (Å²) in [7, 11) is 3.58. The smallest absolute Gasteiger partial charge is 0.234 e. The fourth-order valence-electron chi connectivity index (χ4n) is 2.39. The lowest BCUT2D eigenvalue weighted by molar-refractivity contribution is -0.122. The number of benzene rings is 1. The van der Waals surface area contributed by atoms with Crippen LogP contribution in [0.25, 0.3) is 0 Å². The van der Waals surface area contributed by atoms with Crippen molar-refractivity contribution in [1.29, 1.82) is 0 Å². The molecule has 124 valence electrons. The second-order valence-electron chi connectivity index (χ2n) is 5.41. The number of hydrogen-bond donors (Lipinski definition) is 1. The maximum atomic E-state index is 12.2. The highest BCUT2D eigenvalue weighted by Gasteiger charge is 2.15. The Morgan fingerprint density at radius 1 is 1.35 bits per heavy atom. The van der Waals surface area contributed by atoms with Gasteiger partial charge in [0.1, 0.15) is 5.75 Å². The maximum Gasteiger partial charge on any atom is 0.234 e. The number of likely N-dealkylation sites (N-methyl/N-ethyl adjacent to an activating group) is 1. The van der Waals surface area contributed by atoms with Crippen LogP contribution in [0.4, 0.5) is 0 Å². The third-order valence-electron chi connectivity index (χ3n) is 3.45. The Morgan fingerprint density at radius 2 is 2.09 bits per heavy atom. The van der Waals surface area contributed by atoms with Crippen molar-refractivity contribution in [3.63, 3.8) is 0 Å². The van der Waals surface area contributed by atoms with Crippen molar-refractivity contribution in [3.8, 4) is 5.75 Å². The molecule has 2 rings (SSSR count). The highest BCUT2D eigenvalue weighted by Crippen LogP contribution is 2.24. The van der Waals surface area contributed by atoms with Crippen LogP contribution in [0.1, 0.15) is 23.4 Å². The molecule has 0 saturated heterocycles. The van der Waals surface area contributed by atoms with Crippen LogP contribution in [0.5, 0.6) is 5.75 Å². The lowest BCUT2D eigenvalue weighted by atomic mass is 10.1. The lowest BCUT2D eigenvalue weighted by Crippen LogP contribution is -2.36. The van der Waals surface area contributed by atoms with E-state index in [9.17, 15) is 4.79 Å². The minimum absolute atomic E-state index is 0.00141. The van der Waals surface area contributed by atoms with Crippen molar-refractivity contribution in [2.75, 3.05) is 20.7 Å². The molecule has 1 atom stereocenters. The van der Waals surface area contributed by atoms with Gasteiger partial charge in [-0.05, 0) is 48.1 Å². The summed E-state index contributed by atoms with van der Waals surface area (Å²) >= 11 is 5.14. The quantitative estimate of drug-likeness (QED) is 0.772. The molecule has 1 heterocycles.